The second-order valence-electron chi connectivity index (χ2n) is 6.35. The molecular formula is C18H27N3O2S. The summed E-state index contributed by atoms with van der Waals surface area (Å²) in [6, 6.07) is 8.64. The zero-order valence-corrected chi connectivity index (χ0v) is 15.2. The number of ether oxygens (including phenoxy) is 1. The van der Waals surface area contributed by atoms with E-state index in [1.165, 1.54) is 10.5 Å². The lowest BCUT2D eigenvalue weighted by molar-refractivity contribution is 0.149. The Morgan fingerprint density at radius 3 is 3.04 bits per heavy atom. The molecule has 0 aliphatic carbocycles. The standard InChI is InChI=1S/C18H27N3O2S/c1-23-13-12-20-8-4-9-21(11-10-20)18(22)19-16-7-14-24-17-6-3-2-5-15(16)17/h2-3,5-6,16H,4,7-14H2,1H3,(H,19,22). The van der Waals surface area contributed by atoms with E-state index in [1.54, 1.807) is 7.11 Å². The number of carbonyl (C=O) groups is 1. The maximum absolute atomic E-state index is 12.7. The first kappa shape index (κ1) is 17.6. The number of nitrogens with zero attached hydrogens (tertiary/aromatic N) is 2. The molecular weight excluding hydrogens is 322 g/mol. The van der Waals surface area contributed by atoms with Crippen molar-refractivity contribution in [2.75, 3.05) is 52.2 Å². The van der Waals surface area contributed by atoms with Gasteiger partial charge < -0.3 is 15.0 Å². The van der Waals surface area contributed by atoms with E-state index in [0.717, 1.165) is 57.9 Å². The first-order chi connectivity index (χ1) is 11.8. The first-order valence-electron chi connectivity index (χ1n) is 8.76. The number of benzene rings is 1. The van der Waals surface area contributed by atoms with Crippen LogP contribution in [0.5, 0.6) is 0 Å². The van der Waals surface area contributed by atoms with Crippen molar-refractivity contribution in [2.45, 2.75) is 23.8 Å². The Morgan fingerprint density at radius 1 is 1.29 bits per heavy atom. The number of thioether (sulfide) groups is 1. The molecule has 0 spiro atoms. The smallest absolute Gasteiger partial charge is 0.317 e. The van der Waals surface area contributed by atoms with Gasteiger partial charge in [0.25, 0.3) is 0 Å². The van der Waals surface area contributed by atoms with Crippen molar-refractivity contribution >= 4 is 17.8 Å². The molecule has 132 valence electrons. The van der Waals surface area contributed by atoms with Crippen LogP contribution >= 0.6 is 11.8 Å². The highest BCUT2D eigenvalue weighted by Crippen LogP contribution is 2.35. The number of nitrogens with one attached hydrogen (secondary N) is 1. The Balaban J connectivity index is 1.56. The minimum atomic E-state index is 0.0790. The van der Waals surface area contributed by atoms with Crippen molar-refractivity contribution in [3.8, 4) is 0 Å². The Hall–Kier alpha value is -1.24. The molecule has 0 bridgehead atoms. The fourth-order valence-electron chi connectivity index (χ4n) is 3.35. The highest BCUT2D eigenvalue weighted by atomic mass is 32.2. The van der Waals surface area contributed by atoms with E-state index in [2.05, 4.69) is 34.5 Å². The van der Waals surface area contributed by atoms with Crippen molar-refractivity contribution in [3.05, 3.63) is 29.8 Å². The average molecular weight is 350 g/mol. The topological polar surface area (TPSA) is 44.8 Å². The van der Waals surface area contributed by atoms with Crippen molar-refractivity contribution < 1.29 is 9.53 Å². The van der Waals surface area contributed by atoms with E-state index in [4.69, 9.17) is 4.74 Å². The van der Waals surface area contributed by atoms with E-state index in [9.17, 15) is 4.79 Å². The largest absolute Gasteiger partial charge is 0.383 e. The molecule has 1 N–H and O–H groups in total. The fourth-order valence-corrected chi connectivity index (χ4v) is 4.48. The summed E-state index contributed by atoms with van der Waals surface area (Å²) in [4.78, 5) is 18.4. The van der Waals surface area contributed by atoms with Gasteiger partial charge in [0, 0.05) is 43.9 Å². The minimum Gasteiger partial charge on any atom is -0.383 e. The van der Waals surface area contributed by atoms with Crippen LogP contribution in [0.4, 0.5) is 4.79 Å². The van der Waals surface area contributed by atoms with Crippen LogP contribution in [0.15, 0.2) is 29.2 Å². The van der Waals surface area contributed by atoms with E-state index < -0.39 is 0 Å². The van der Waals surface area contributed by atoms with Gasteiger partial charge in [-0.2, -0.15) is 0 Å². The number of urea groups is 1. The second-order valence-corrected chi connectivity index (χ2v) is 7.49. The third-order valence-electron chi connectivity index (χ3n) is 4.74. The van der Waals surface area contributed by atoms with Gasteiger partial charge in [0.05, 0.1) is 12.6 Å². The number of carbonyl (C=O) groups excluding carboxylic acids is 1. The van der Waals surface area contributed by atoms with Crippen LogP contribution in [0.25, 0.3) is 0 Å². The Bertz CT molecular complexity index is 555. The summed E-state index contributed by atoms with van der Waals surface area (Å²) < 4.78 is 5.16. The molecule has 0 aromatic heterocycles. The number of hydrogen-bond donors (Lipinski definition) is 1. The predicted octanol–water partition coefficient (Wildman–Crippen LogP) is 2.59. The maximum atomic E-state index is 12.7. The van der Waals surface area contributed by atoms with Crippen LogP contribution in [-0.2, 0) is 4.74 Å². The van der Waals surface area contributed by atoms with E-state index in [-0.39, 0.29) is 12.1 Å². The Labute approximate surface area is 148 Å². The molecule has 0 radical (unpaired) electrons. The summed E-state index contributed by atoms with van der Waals surface area (Å²) in [6.45, 7) is 5.28. The third kappa shape index (κ3) is 4.43. The van der Waals surface area contributed by atoms with Crippen molar-refractivity contribution in [1.82, 2.24) is 15.1 Å². The zero-order chi connectivity index (χ0) is 16.8. The van der Waals surface area contributed by atoms with Gasteiger partial charge in [-0.25, -0.2) is 4.79 Å². The Kier molecular flexibility index (Phi) is 6.40. The molecule has 3 rings (SSSR count). The van der Waals surface area contributed by atoms with Crippen LogP contribution in [-0.4, -0.2) is 68.0 Å². The quantitative estimate of drug-likeness (QED) is 0.907. The number of amides is 2. The van der Waals surface area contributed by atoms with Crippen LogP contribution in [0, 0.1) is 0 Å². The lowest BCUT2D eigenvalue weighted by Gasteiger charge is -2.29. The summed E-state index contributed by atoms with van der Waals surface area (Å²) in [5.74, 6) is 1.06. The number of hydrogen-bond acceptors (Lipinski definition) is 4. The van der Waals surface area contributed by atoms with Crippen LogP contribution in [0.2, 0.25) is 0 Å². The highest BCUT2D eigenvalue weighted by molar-refractivity contribution is 7.99. The molecule has 1 unspecified atom stereocenters. The molecule has 0 saturated carbocycles. The van der Waals surface area contributed by atoms with Crippen LogP contribution in [0.1, 0.15) is 24.4 Å². The normalized spacial score (nSPS) is 21.9. The van der Waals surface area contributed by atoms with Gasteiger partial charge in [-0.15, -0.1) is 11.8 Å². The van der Waals surface area contributed by atoms with Gasteiger partial charge in [-0.1, -0.05) is 18.2 Å². The molecule has 24 heavy (non-hydrogen) atoms. The zero-order valence-electron chi connectivity index (χ0n) is 14.4. The molecule has 2 aliphatic rings. The summed E-state index contributed by atoms with van der Waals surface area (Å²) in [6.07, 6.45) is 2.02. The number of rotatable bonds is 4. The molecule has 5 nitrogen and oxygen atoms in total. The molecule has 2 aliphatic heterocycles. The lowest BCUT2D eigenvalue weighted by Crippen LogP contribution is -2.44. The molecule has 1 fully saturated rings. The molecule has 1 atom stereocenters. The third-order valence-corrected chi connectivity index (χ3v) is 5.87. The SMILES string of the molecule is COCCN1CCCN(C(=O)NC2CCSc3ccccc32)CC1. The molecule has 2 heterocycles. The van der Waals surface area contributed by atoms with Gasteiger partial charge in [0.1, 0.15) is 0 Å². The molecule has 2 amide bonds. The molecule has 1 aromatic rings. The minimum absolute atomic E-state index is 0.0790. The van der Waals surface area contributed by atoms with Crippen molar-refractivity contribution in [1.29, 1.82) is 0 Å². The van der Waals surface area contributed by atoms with Gasteiger partial charge >= 0.3 is 6.03 Å². The van der Waals surface area contributed by atoms with Crippen molar-refractivity contribution in [2.24, 2.45) is 0 Å². The van der Waals surface area contributed by atoms with Gasteiger partial charge in [0.15, 0.2) is 0 Å². The monoisotopic (exact) mass is 349 g/mol. The summed E-state index contributed by atoms with van der Waals surface area (Å²) in [7, 11) is 1.73. The van der Waals surface area contributed by atoms with E-state index >= 15 is 0 Å². The van der Waals surface area contributed by atoms with Crippen molar-refractivity contribution in [3.63, 3.8) is 0 Å². The molecule has 1 aromatic carbocycles. The van der Waals surface area contributed by atoms with Crippen LogP contribution < -0.4 is 5.32 Å². The van der Waals surface area contributed by atoms with Crippen LogP contribution in [0.3, 0.4) is 0 Å². The fraction of sp³-hybridized carbons (Fsp3) is 0.611. The van der Waals surface area contributed by atoms with E-state index in [0.29, 0.717) is 0 Å². The number of methoxy groups -OCH3 is 1. The average Bonchev–Trinajstić information content (AvgIpc) is 2.86. The van der Waals surface area contributed by atoms with Gasteiger partial charge in [-0.05, 0) is 31.0 Å². The second kappa shape index (κ2) is 8.74. The van der Waals surface area contributed by atoms with Gasteiger partial charge in [0.2, 0.25) is 0 Å². The first-order valence-corrected chi connectivity index (χ1v) is 9.75. The molecule has 6 heteroatoms. The summed E-state index contributed by atoms with van der Waals surface area (Å²) >= 11 is 1.88. The summed E-state index contributed by atoms with van der Waals surface area (Å²) in [5, 5.41) is 3.26. The predicted molar refractivity (Wildman–Crippen MR) is 97.6 cm³/mol. The Morgan fingerprint density at radius 2 is 2.17 bits per heavy atom. The lowest BCUT2D eigenvalue weighted by atomic mass is 10.0. The van der Waals surface area contributed by atoms with Gasteiger partial charge in [-0.3, -0.25) is 4.90 Å². The number of fused-ring (bicyclic) bond motifs is 1. The van der Waals surface area contributed by atoms with E-state index in [1.807, 2.05) is 16.7 Å². The maximum Gasteiger partial charge on any atom is 0.317 e. The molecule has 1 saturated heterocycles. The summed E-state index contributed by atoms with van der Waals surface area (Å²) in [5.41, 5.74) is 1.26. The highest BCUT2D eigenvalue weighted by Gasteiger charge is 2.25.